The van der Waals surface area contributed by atoms with E-state index in [1.165, 1.54) is 12.0 Å². The van der Waals surface area contributed by atoms with E-state index in [1.807, 2.05) is 30.9 Å². The van der Waals surface area contributed by atoms with Gasteiger partial charge in [0.05, 0.1) is 6.10 Å². The van der Waals surface area contributed by atoms with E-state index >= 15 is 0 Å². The van der Waals surface area contributed by atoms with Gasteiger partial charge < -0.3 is 14.2 Å². The van der Waals surface area contributed by atoms with Crippen molar-refractivity contribution in [2.75, 3.05) is 19.6 Å². The van der Waals surface area contributed by atoms with E-state index in [0.29, 0.717) is 18.9 Å². The first-order valence-electron chi connectivity index (χ1n) is 12.1. The van der Waals surface area contributed by atoms with Gasteiger partial charge >= 0.3 is 0 Å². The van der Waals surface area contributed by atoms with Gasteiger partial charge in [-0.25, -0.2) is 0 Å². The molecule has 1 aliphatic heterocycles. The van der Waals surface area contributed by atoms with Gasteiger partial charge in [0.15, 0.2) is 5.82 Å². The minimum Gasteiger partial charge on any atom is -0.491 e. The Hall–Kier alpha value is -2.41. The molecule has 1 aliphatic carbocycles. The van der Waals surface area contributed by atoms with Crippen LogP contribution in [0.5, 0.6) is 5.75 Å². The van der Waals surface area contributed by atoms with E-state index in [9.17, 15) is 4.79 Å². The number of hydrogen-bond acceptors (Lipinski definition) is 6. The minimum absolute atomic E-state index is 0.120. The van der Waals surface area contributed by atoms with Crippen LogP contribution in [0.15, 0.2) is 28.8 Å². The molecule has 0 radical (unpaired) electrons. The molecule has 0 spiro atoms. The van der Waals surface area contributed by atoms with Crippen molar-refractivity contribution >= 4 is 5.91 Å². The number of hydrogen-bond donors (Lipinski definition) is 0. The molecule has 4 rings (SSSR count). The Morgan fingerprint density at radius 1 is 1.22 bits per heavy atom. The van der Waals surface area contributed by atoms with Gasteiger partial charge in [0.2, 0.25) is 11.8 Å². The molecule has 1 saturated carbocycles. The van der Waals surface area contributed by atoms with Crippen molar-refractivity contribution in [3.8, 4) is 5.75 Å². The molecule has 32 heavy (non-hydrogen) atoms. The predicted octanol–water partition coefficient (Wildman–Crippen LogP) is 4.18. The van der Waals surface area contributed by atoms with Crippen molar-refractivity contribution in [2.24, 2.45) is 0 Å². The van der Waals surface area contributed by atoms with Crippen LogP contribution >= 0.6 is 0 Å². The SMILES string of the molecule is CC(=O)N(CCc1noc(C2CCC2)n1)C1CCCN(Cc2ccc(OC(C)C)cc2)C1. The number of piperidine rings is 1. The Morgan fingerprint density at radius 2 is 2.00 bits per heavy atom. The number of nitrogens with zero attached hydrogens (tertiary/aromatic N) is 4. The molecule has 2 aliphatic rings. The molecule has 7 heteroatoms. The zero-order valence-electron chi connectivity index (χ0n) is 19.6. The zero-order valence-corrected chi connectivity index (χ0v) is 19.6. The van der Waals surface area contributed by atoms with E-state index < -0.39 is 0 Å². The van der Waals surface area contributed by atoms with E-state index in [-0.39, 0.29) is 18.1 Å². The van der Waals surface area contributed by atoms with Gasteiger partial charge in [0.25, 0.3) is 0 Å². The summed E-state index contributed by atoms with van der Waals surface area (Å²) in [5.74, 6) is 2.96. The van der Waals surface area contributed by atoms with Gasteiger partial charge in [-0.1, -0.05) is 23.7 Å². The van der Waals surface area contributed by atoms with Crippen LogP contribution in [0.25, 0.3) is 0 Å². The maximum absolute atomic E-state index is 12.5. The van der Waals surface area contributed by atoms with Crippen molar-refractivity contribution in [1.29, 1.82) is 0 Å². The summed E-state index contributed by atoms with van der Waals surface area (Å²) in [6, 6.07) is 8.59. The summed E-state index contributed by atoms with van der Waals surface area (Å²) in [6.07, 6.45) is 6.49. The van der Waals surface area contributed by atoms with E-state index in [1.54, 1.807) is 6.92 Å². The largest absolute Gasteiger partial charge is 0.491 e. The first-order valence-corrected chi connectivity index (χ1v) is 12.1. The number of amides is 1. The lowest BCUT2D eigenvalue weighted by Gasteiger charge is -2.39. The number of ether oxygens (including phenoxy) is 1. The maximum Gasteiger partial charge on any atom is 0.229 e. The summed E-state index contributed by atoms with van der Waals surface area (Å²) < 4.78 is 11.2. The highest BCUT2D eigenvalue weighted by atomic mass is 16.5. The van der Waals surface area contributed by atoms with Gasteiger partial charge in [-0.3, -0.25) is 9.69 Å². The Morgan fingerprint density at radius 3 is 2.66 bits per heavy atom. The Balaban J connectivity index is 1.31. The molecule has 1 atom stereocenters. The summed E-state index contributed by atoms with van der Waals surface area (Å²) in [4.78, 5) is 21.5. The molecule has 2 heterocycles. The number of benzene rings is 1. The number of rotatable bonds is 9. The highest BCUT2D eigenvalue weighted by molar-refractivity contribution is 5.73. The lowest BCUT2D eigenvalue weighted by atomic mass is 9.85. The molecule has 174 valence electrons. The Labute approximate surface area is 191 Å². The lowest BCUT2D eigenvalue weighted by molar-refractivity contribution is -0.132. The molecule has 0 bridgehead atoms. The Bertz CT molecular complexity index is 876. The first kappa shape index (κ1) is 22.8. The highest BCUT2D eigenvalue weighted by Crippen LogP contribution is 2.35. The summed E-state index contributed by atoms with van der Waals surface area (Å²) >= 11 is 0. The van der Waals surface area contributed by atoms with Crippen molar-refractivity contribution < 1.29 is 14.1 Å². The van der Waals surface area contributed by atoms with Crippen LogP contribution in [0.4, 0.5) is 0 Å². The number of likely N-dealkylation sites (tertiary alicyclic amines) is 1. The van der Waals surface area contributed by atoms with Crippen LogP contribution in [0.2, 0.25) is 0 Å². The smallest absolute Gasteiger partial charge is 0.229 e. The van der Waals surface area contributed by atoms with Crippen LogP contribution in [-0.2, 0) is 17.8 Å². The molecular formula is C25H36N4O3. The fraction of sp³-hybridized carbons (Fsp3) is 0.640. The van der Waals surface area contributed by atoms with Crippen molar-refractivity contribution in [1.82, 2.24) is 19.9 Å². The highest BCUT2D eigenvalue weighted by Gasteiger charge is 2.28. The fourth-order valence-corrected chi connectivity index (χ4v) is 4.64. The topological polar surface area (TPSA) is 71.7 Å². The molecular weight excluding hydrogens is 404 g/mol. The summed E-state index contributed by atoms with van der Waals surface area (Å²) in [5.41, 5.74) is 1.27. The second-order valence-corrected chi connectivity index (χ2v) is 9.48. The molecule has 2 aromatic rings. The molecule has 2 fully saturated rings. The Kier molecular flexibility index (Phi) is 7.45. The van der Waals surface area contributed by atoms with Crippen LogP contribution in [0.3, 0.4) is 0 Å². The standard InChI is InChI=1S/C25H36N4O3/c1-18(2)31-23-11-9-20(10-12-23)16-28-14-5-8-22(17-28)29(19(3)30)15-13-24-26-25(32-27-24)21-6-4-7-21/h9-12,18,21-22H,4-8,13-17H2,1-3H3. The van der Waals surface area contributed by atoms with E-state index in [0.717, 1.165) is 62.8 Å². The molecule has 0 N–H and O–H groups in total. The molecule has 1 aromatic heterocycles. The lowest BCUT2D eigenvalue weighted by Crippen LogP contribution is -2.50. The third-order valence-electron chi connectivity index (χ3n) is 6.54. The van der Waals surface area contributed by atoms with E-state index in [4.69, 9.17) is 9.26 Å². The quantitative estimate of drug-likeness (QED) is 0.583. The van der Waals surface area contributed by atoms with Crippen LogP contribution in [0.1, 0.15) is 76.1 Å². The minimum atomic E-state index is 0.120. The molecule has 1 aromatic carbocycles. The van der Waals surface area contributed by atoms with Crippen molar-refractivity contribution in [3.63, 3.8) is 0 Å². The number of carbonyl (C=O) groups is 1. The average molecular weight is 441 g/mol. The van der Waals surface area contributed by atoms with Gasteiger partial charge in [0, 0.05) is 44.9 Å². The van der Waals surface area contributed by atoms with Crippen LogP contribution in [-0.4, -0.2) is 57.6 Å². The summed E-state index contributed by atoms with van der Waals surface area (Å²) in [5, 5.41) is 4.15. The molecule has 1 unspecified atom stereocenters. The predicted molar refractivity (Wildman–Crippen MR) is 122 cm³/mol. The summed E-state index contributed by atoms with van der Waals surface area (Å²) in [6.45, 7) is 9.22. The fourth-order valence-electron chi connectivity index (χ4n) is 4.64. The third-order valence-corrected chi connectivity index (χ3v) is 6.54. The molecule has 1 amide bonds. The first-order chi connectivity index (χ1) is 15.5. The van der Waals surface area contributed by atoms with Gasteiger partial charge in [-0.2, -0.15) is 4.98 Å². The average Bonchev–Trinajstić information content (AvgIpc) is 3.16. The van der Waals surface area contributed by atoms with Gasteiger partial charge in [-0.05, 0) is 63.8 Å². The van der Waals surface area contributed by atoms with Crippen molar-refractivity contribution in [3.05, 3.63) is 41.5 Å². The second kappa shape index (κ2) is 10.5. The van der Waals surface area contributed by atoms with Crippen LogP contribution in [0, 0.1) is 0 Å². The van der Waals surface area contributed by atoms with Crippen LogP contribution < -0.4 is 4.74 Å². The molecule has 7 nitrogen and oxygen atoms in total. The maximum atomic E-state index is 12.5. The summed E-state index contributed by atoms with van der Waals surface area (Å²) in [7, 11) is 0. The van der Waals surface area contributed by atoms with Crippen molar-refractivity contribution in [2.45, 2.75) is 83.9 Å². The zero-order chi connectivity index (χ0) is 22.5. The van der Waals surface area contributed by atoms with E-state index in [2.05, 4.69) is 27.2 Å². The monoisotopic (exact) mass is 440 g/mol. The normalized spacial score (nSPS) is 19.7. The number of aromatic nitrogens is 2. The second-order valence-electron chi connectivity index (χ2n) is 9.48. The number of carbonyl (C=O) groups excluding carboxylic acids is 1. The molecule has 1 saturated heterocycles. The van der Waals surface area contributed by atoms with Gasteiger partial charge in [0.1, 0.15) is 5.75 Å². The third kappa shape index (κ3) is 5.88. The van der Waals surface area contributed by atoms with Gasteiger partial charge in [-0.15, -0.1) is 0 Å².